The molecular weight excluding hydrogens is 374 g/mol. The Morgan fingerprint density at radius 2 is 1.90 bits per heavy atom. The number of carbonyl (C=O) groups excluding carboxylic acids is 2. The van der Waals surface area contributed by atoms with Crippen molar-refractivity contribution in [2.24, 2.45) is 0 Å². The fraction of sp³-hybridized carbons (Fsp3) is 0.520. The Morgan fingerprint density at radius 3 is 2.60 bits per heavy atom. The van der Waals surface area contributed by atoms with E-state index in [1.165, 1.54) is 5.56 Å². The van der Waals surface area contributed by atoms with E-state index < -0.39 is 0 Å². The monoisotopic (exact) mass is 409 g/mol. The first-order chi connectivity index (χ1) is 14.6. The first-order valence-electron chi connectivity index (χ1n) is 11.2. The van der Waals surface area contributed by atoms with E-state index in [0.717, 1.165) is 58.2 Å². The Labute approximate surface area is 180 Å². The van der Waals surface area contributed by atoms with E-state index in [4.69, 9.17) is 0 Å². The van der Waals surface area contributed by atoms with Crippen LogP contribution < -0.4 is 5.32 Å². The molecule has 162 valence electrons. The number of nitrogens with zero attached hydrogens (tertiary/aromatic N) is 2. The average molecular weight is 410 g/mol. The minimum atomic E-state index is -0.382. The van der Waals surface area contributed by atoms with Gasteiger partial charge in [0.05, 0.1) is 12.5 Å². The first-order valence-corrected chi connectivity index (χ1v) is 11.2. The molecule has 30 heavy (non-hydrogen) atoms. The quantitative estimate of drug-likeness (QED) is 0.603. The van der Waals surface area contributed by atoms with Gasteiger partial charge >= 0.3 is 0 Å². The summed E-state index contributed by atoms with van der Waals surface area (Å²) < 4.78 is 0. The topological polar surface area (TPSA) is 52.7 Å². The molecule has 0 unspecified atom stereocenters. The molecule has 1 aromatic rings. The van der Waals surface area contributed by atoms with Crippen LogP contribution in [0.2, 0.25) is 0 Å². The predicted molar refractivity (Wildman–Crippen MR) is 121 cm³/mol. The molecule has 2 amide bonds. The zero-order chi connectivity index (χ0) is 21.4. The van der Waals surface area contributed by atoms with Crippen LogP contribution in [0.4, 0.5) is 0 Å². The predicted octanol–water partition coefficient (Wildman–Crippen LogP) is 3.32. The summed E-state index contributed by atoms with van der Waals surface area (Å²) in [5.74, 6) is 0.0536. The van der Waals surface area contributed by atoms with Crippen molar-refractivity contribution in [1.29, 1.82) is 0 Å². The van der Waals surface area contributed by atoms with E-state index in [0.29, 0.717) is 6.54 Å². The number of aryl methyl sites for hydroxylation is 1. The van der Waals surface area contributed by atoms with Crippen LogP contribution in [-0.2, 0) is 16.0 Å². The van der Waals surface area contributed by atoms with Crippen molar-refractivity contribution in [2.75, 3.05) is 26.2 Å². The molecule has 0 spiro atoms. The number of amides is 2. The lowest BCUT2D eigenvalue weighted by Gasteiger charge is -2.40. The first kappa shape index (κ1) is 22.3. The van der Waals surface area contributed by atoms with Crippen molar-refractivity contribution in [3.8, 4) is 0 Å². The van der Waals surface area contributed by atoms with Gasteiger partial charge in [0.25, 0.3) is 0 Å². The molecule has 5 heteroatoms. The fourth-order valence-electron chi connectivity index (χ4n) is 5.03. The molecule has 1 atom stereocenters. The van der Waals surface area contributed by atoms with Crippen LogP contribution in [0.25, 0.3) is 0 Å². The van der Waals surface area contributed by atoms with Gasteiger partial charge in [-0.05, 0) is 50.6 Å². The molecule has 2 saturated heterocycles. The van der Waals surface area contributed by atoms with Gasteiger partial charge in [-0.15, -0.1) is 13.2 Å². The van der Waals surface area contributed by atoms with Crippen molar-refractivity contribution in [3.63, 3.8) is 0 Å². The fourth-order valence-corrected chi connectivity index (χ4v) is 5.03. The maximum Gasteiger partial charge on any atom is 0.237 e. The highest BCUT2D eigenvalue weighted by Gasteiger charge is 2.43. The third-order valence-corrected chi connectivity index (χ3v) is 6.51. The summed E-state index contributed by atoms with van der Waals surface area (Å²) in [6, 6.07) is 10.0. The Kier molecular flexibility index (Phi) is 7.86. The van der Waals surface area contributed by atoms with Gasteiger partial charge in [-0.3, -0.25) is 14.5 Å². The van der Waals surface area contributed by atoms with Gasteiger partial charge in [0, 0.05) is 25.2 Å². The highest BCUT2D eigenvalue weighted by molar-refractivity contribution is 5.89. The Hall–Kier alpha value is -2.40. The number of carbonyl (C=O) groups is 2. The van der Waals surface area contributed by atoms with E-state index in [-0.39, 0.29) is 29.8 Å². The Balaban J connectivity index is 1.63. The summed E-state index contributed by atoms with van der Waals surface area (Å²) in [6.07, 6.45) is 9.49. The highest BCUT2D eigenvalue weighted by atomic mass is 16.2. The molecule has 2 aliphatic heterocycles. The lowest BCUT2D eigenvalue weighted by molar-refractivity contribution is -0.141. The minimum Gasteiger partial charge on any atom is -0.353 e. The second kappa shape index (κ2) is 10.6. The molecule has 3 rings (SSSR count). The lowest BCUT2D eigenvalue weighted by atomic mass is 9.87. The third-order valence-electron chi connectivity index (χ3n) is 6.51. The van der Waals surface area contributed by atoms with Crippen molar-refractivity contribution < 1.29 is 9.59 Å². The normalized spacial score (nSPS) is 21.3. The van der Waals surface area contributed by atoms with Crippen molar-refractivity contribution in [1.82, 2.24) is 15.1 Å². The zero-order valence-corrected chi connectivity index (χ0v) is 18.0. The van der Waals surface area contributed by atoms with Gasteiger partial charge < -0.3 is 10.2 Å². The molecule has 0 radical (unpaired) electrons. The van der Waals surface area contributed by atoms with E-state index in [1.807, 2.05) is 23.1 Å². The molecule has 2 aliphatic rings. The van der Waals surface area contributed by atoms with Crippen LogP contribution in [0, 0.1) is 0 Å². The molecule has 0 saturated carbocycles. The summed E-state index contributed by atoms with van der Waals surface area (Å²) in [4.78, 5) is 30.2. The molecule has 5 nitrogen and oxygen atoms in total. The summed E-state index contributed by atoms with van der Waals surface area (Å²) in [7, 11) is 0. The van der Waals surface area contributed by atoms with Gasteiger partial charge in [-0.25, -0.2) is 0 Å². The summed E-state index contributed by atoms with van der Waals surface area (Å²) in [5, 5.41) is 2.95. The second-order valence-electron chi connectivity index (χ2n) is 8.49. The Bertz CT molecular complexity index is 736. The van der Waals surface area contributed by atoms with E-state index >= 15 is 0 Å². The largest absolute Gasteiger partial charge is 0.353 e. The van der Waals surface area contributed by atoms with Crippen LogP contribution in [0.1, 0.15) is 44.1 Å². The molecule has 2 fully saturated rings. The second-order valence-corrected chi connectivity index (χ2v) is 8.49. The van der Waals surface area contributed by atoms with Gasteiger partial charge in [0.2, 0.25) is 11.8 Å². The van der Waals surface area contributed by atoms with Gasteiger partial charge in [-0.1, -0.05) is 42.5 Å². The van der Waals surface area contributed by atoms with Gasteiger partial charge in [0.1, 0.15) is 0 Å². The van der Waals surface area contributed by atoms with Crippen LogP contribution in [0.5, 0.6) is 0 Å². The molecule has 2 heterocycles. The Morgan fingerprint density at radius 1 is 1.17 bits per heavy atom. The molecule has 1 N–H and O–H groups in total. The number of rotatable bonds is 10. The number of piperazine rings is 1. The highest BCUT2D eigenvalue weighted by Crippen LogP contribution is 2.37. The van der Waals surface area contributed by atoms with Crippen molar-refractivity contribution in [3.05, 3.63) is 61.2 Å². The lowest BCUT2D eigenvalue weighted by Crippen LogP contribution is -2.57. The SMILES string of the molecule is C=CCC1(CC=C)CCCN1C(=O)C[C@@H]1C(=O)NCCN1CCCc1ccccc1. The van der Waals surface area contributed by atoms with Crippen LogP contribution in [0.15, 0.2) is 55.6 Å². The van der Waals surface area contributed by atoms with Crippen LogP contribution in [0.3, 0.4) is 0 Å². The molecule has 1 aromatic carbocycles. The number of nitrogens with one attached hydrogen (secondary N) is 1. The number of benzene rings is 1. The molecule has 0 aromatic heterocycles. The van der Waals surface area contributed by atoms with E-state index in [9.17, 15) is 9.59 Å². The van der Waals surface area contributed by atoms with Crippen LogP contribution in [-0.4, -0.2) is 59.4 Å². The minimum absolute atomic E-state index is 0.0217. The van der Waals surface area contributed by atoms with E-state index in [2.05, 4.69) is 47.6 Å². The summed E-state index contributed by atoms with van der Waals surface area (Å²) >= 11 is 0. The van der Waals surface area contributed by atoms with Crippen molar-refractivity contribution >= 4 is 11.8 Å². The number of hydrogen-bond donors (Lipinski definition) is 1. The number of likely N-dealkylation sites (tertiary alicyclic amines) is 1. The van der Waals surface area contributed by atoms with E-state index in [1.54, 1.807) is 0 Å². The maximum atomic E-state index is 13.3. The molecular formula is C25H35N3O2. The summed E-state index contributed by atoms with van der Waals surface area (Å²) in [6.45, 7) is 10.8. The standard InChI is InChI=1S/C25H35N3O2/c1-3-13-25(14-4-2)15-9-18-28(25)23(29)20-22-24(30)26-16-19-27(22)17-8-12-21-10-6-5-7-11-21/h3-7,10-11,22H,1-2,8-9,12-20H2,(H,26,30)/t22-/m1/s1. The summed E-state index contributed by atoms with van der Waals surface area (Å²) in [5.41, 5.74) is 1.09. The average Bonchev–Trinajstić information content (AvgIpc) is 3.15. The number of hydrogen-bond acceptors (Lipinski definition) is 3. The zero-order valence-electron chi connectivity index (χ0n) is 18.0. The third kappa shape index (κ3) is 5.20. The molecule has 0 bridgehead atoms. The molecule has 0 aliphatic carbocycles. The smallest absolute Gasteiger partial charge is 0.237 e. The van der Waals surface area contributed by atoms with Gasteiger partial charge in [0.15, 0.2) is 0 Å². The van der Waals surface area contributed by atoms with Gasteiger partial charge in [-0.2, -0.15) is 0 Å². The van der Waals surface area contributed by atoms with Crippen LogP contribution >= 0.6 is 0 Å². The van der Waals surface area contributed by atoms with Crippen molar-refractivity contribution in [2.45, 2.75) is 56.5 Å². The maximum absolute atomic E-state index is 13.3.